The zero-order valence-electron chi connectivity index (χ0n) is 9.88. The lowest BCUT2D eigenvalue weighted by Crippen LogP contribution is -2.26. The fourth-order valence-corrected chi connectivity index (χ4v) is 2.69. The highest BCUT2D eigenvalue weighted by atomic mass is 19.1. The minimum Gasteiger partial charge on any atom is -0.314 e. The maximum absolute atomic E-state index is 13.0. The summed E-state index contributed by atoms with van der Waals surface area (Å²) >= 11 is 0. The van der Waals surface area contributed by atoms with E-state index in [4.69, 9.17) is 0 Å². The van der Waals surface area contributed by atoms with E-state index in [1.807, 2.05) is 6.07 Å². The first-order chi connectivity index (χ1) is 7.79. The zero-order chi connectivity index (χ0) is 11.4. The normalized spacial score (nSPS) is 24.9. The monoisotopic (exact) mass is 221 g/mol. The van der Waals surface area contributed by atoms with Gasteiger partial charge in [-0.2, -0.15) is 0 Å². The molecule has 88 valence electrons. The van der Waals surface area contributed by atoms with Crippen LogP contribution < -0.4 is 5.32 Å². The molecule has 0 saturated carbocycles. The maximum Gasteiger partial charge on any atom is 0.123 e. The molecule has 16 heavy (non-hydrogen) atoms. The van der Waals surface area contributed by atoms with Crippen LogP contribution in [0.15, 0.2) is 24.3 Å². The van der Waals surface area contributed by atoms with Crippen molar-refractivity contribution in [1.29, 1.82) is 0 Å². The highest BCUT2D eigenvalue weighted by Gasteiger charge is 2.24. The average molecular weight is 221 g/mol. The third-order valence-electron chi connectivity index (χ3n) is 3.62. The van der Waals surface area contributed by atoms with Gasteiger partial charge in [0.1, 0.15) is 5.82 Å². The van der Waals surface area contributed by atoms with Crippen LogP contribution in [0.2, 0.25) is 0 Å². The van der Waals surface area contributed by atoms with Gasteiger partial charge in [-0.05, 0) is 55.8 Å². The van der Waals surface area contributed by atoms with E-state index in [-0.39, 0.29) is 5.82 Å². The van der Waals surface area contributed by atoms with Gasteiger partial charge in [0.25, 0.3) is 0 Å². The van der Waals surface area contributed by atoms with Crippen molar-refractivity contribution in [2.45, 2.75) is 38.6 Å². The smallest absolute Gasteiger partial charge is 0.123 e. The highest BCUT2D eigenvalue weighted by molar-refractivity contribution is 5.16. The Labute approximate surface area is 97.1 Å². The van der Waals surface area contributed by atoms with E-state index in [2.05, 4.69) is 12.2 Å². The number of halogens is 1. The molecule has 2 rings (SSSR count). The molecule has 2 heteroatoms. The van der Waals surface area contributed by atoms with E-state index >= 15 is 0 Å². The van der Waals surface area contributed by atoms with Crippen LogP contribution in [-0.2, 0) is 6.42 Å². The number of rotatable bonds is 4. The van der Waals surface area contributed by atoms with Gasteiger partial charge in [-0.1, -0.05) is 19.1 Å². The van der Waals surface area contributed by atoms with Crippen LogP contribution in [0.4, 0.5) is 4.39 Å². The molecule has 0 spiro atoms. The largest absolute Gasteiger partial charge is 0.314 e. The molecule has 2 unspecified atom stereocenters. The number of hydrogen-bond donors (Lipinski definition) is 1. The van der Waals surface area contributed by atoms with Gasteiger partial charge in [0, 0.05) is 6.04 Å². The molecular weight excluding hydrogens is 201 g/mol. The molecule has 1 aromatic rings. The standard InChI is InChI=1S/C14H20FN/c1-2-14-12(8-9-16-14)7-6-11-4-3-5-13(15)10-11/h3-5,10,12,14,16H,2,6-9H2,1H3. The molecule has 2 atom stereocenters. The Kier molecular flexibility index (Phi) is 3.94. The van der Waals surface area contributed by atoms with Gasteiger partial charge in [0.05, 0.1) is 0 Å². The second kappa shape index (κ2) is 5.44. The molecule has 0 radical (unpaired) electrons. The van der Waals surface area contributed by atoms with Gasteiger partial charge in [-0.25, -0.2) is 4.39 Å². The third kappa shape index (κ3) is 2.82. The molecule has 0 amide bonds. The number of benzene rings is 1. The van der Waals surface area contributed by atoms with E-state index in [1.165, 1.54) is 25.3 Å². The van der Waals surface area contributed by atoms with Gasteiger partial charge >= 0.3 is 0 Å². The lowest BCUT2D eigenvalue weighted by Gasteiger charge is -2.17. The molecule has 1 fully saturated rings. The lowest BCUT2D eigenvalue weighted by molar-refractivity contribution is 0.410. The summed E-state index contributed by atoms with van der Waals surface area (Å²) in [5.74, 6) is 0.655. The fraction of sp³-hybridized carbons (Fsp3) is 0.571. The molecule has 1 nitrogen and oxygen atoms in total. The first-order valence-electron chi connectivity index (χ1n) is 6.27. The van der Waals surface area contributed by atoms with Crippen molar-refractivity contribution in [1.82, 2.24) is 5.32 Å². The van der Waals surface area contributed by atoms with Gasteiger partial charge in [-0.15, -0.1) is 0 Å². The van der Waals surface area contributed by atoms with Crippen molar-refractivity contribution in [2.24, 2.45) is 5.92 Å². The summed E-state index contributed by atoms with van der Waals surface area (Å²) in [6, 6.07) is 7.66. The Morgan fingerprint density at radius 3 is 3.06 bits per heavy atom. The van der Waals surface area contributed by atoms with E-state index < -0.39 is 0 Å². The second-order valence-electron chi connectivity index (χ2n) is 4.69. The molecule has 1 aromatic carbocycles. The van der Waals surface area contributed by atoms with E-state index in [0.29, 0.717) is 6.04 Å². The summed E-state index contributed by atoms with van der Waals surface area (Å²) in [4.78, 5) is 0. The third-order valence-corrected chi connectivity index (χ3v) is 3.62. The highest BCUT2D eigenvalue weighted by Crippen LogP contribution is 2.23. The van der Waals surface area contributed by atoms with Crippen LogP contribution in [0, 0.1) is 11.7 Å². The lowest BCUT2D eigenvalue weighted by atomic mass is 9.92. The van der Waals surface area contributed by atoms with Gasteiger partial charge in [-0.3, -0.25) is 0 Å². The molecule has 1 aliphatic heterocycles. The predicted molar refractivity (Wildman–Crippen MR) is 64.9 cm³/mol. The SMILES string of the molecule is CCC1NCCC1CCc1cccc(F)c1. The first kappa shape index (κ1) is 11.6. The Hall–Kier alpha value is -0.890. The average Bonchev–Trinajstić information content (AvgIpc) is 2.74. The summed E-state index contributed by atoms with van der Waals surface area (Å²) in [5.41, 5.74) is 1.13. The van der Waals surface area contributed by atoms with E-state index in [1.54, 1.807) is 12.1 Å². The van der Waals surface area contributed by atoms with E-state index in [0.717, 1.165) is 24.4 Å². The summed E-state index contributed by atoms with van der Waals surface area (Å²) in [6.07, 6.45) is 4.65. The molecule has 1 aliphatic rings. The van der Waals surface area contributed by atoms with E-state index in [9.17, 15) is 4.39 Å². The molecule has 0 aromatic heterocycles. The van der Waals surface area contributed by atoms with Crippen molar-refractivity contribution in [2.75, 3.05) is 6.54 Å². The molecule has 1 saturated heterocycles. The van der Waals surface area contributed by atoms with Crippen LogP contribution in [0.5, 0.6) is 0 Å². The Balaban J connectivity index is 1.87. The Bertz CT molecular complexity index is 337. The van der Waals surface area contributed by atoms with Crippen LogP contribution in [0.3, 0.4) is 0 Å². The first-order valence-corrected chi connectivity index (χ1v) is 6.27. The number of aryl methyl sites for hydroxylation is 1. The van der Waals surface area contributed by atoms with Crippen molar-refractivity contribution in [3.05, 3.63) is 35.6 Å². The second-order valence-corrected chi connectivity index (χ2v) is 4.69. The predicted octanol–water partition coefficient (Wildman–Crippen LogP) is 3.15. The summed E-state index contributed by atoms with van der Waals surface area (Å²) in [6.45, 7) is 3.38. The summed E-state index contributed by atoms with van der Waals surface area (Å²) < 4.78 is 13.0. The topological polar surface area (TPSA) is 12.0 Å². The maximum atomic E-state index is 13.0. The van der Waals surface area contributed by atoms with Gasteiger partial charge in [0.2, 0.25) is 0 Å². The molecule has 0 aliphatic carbocycles. The summed E-state index contributed by atoms with van der Waals surface area (Å²) in [7, 11) is 0. The minimum atomic E-state index is -0.117. The Morgan fingerprint density at radius 1 is 1.44 bits per heavy atom. The molecule has 1 heterocycles. The fourth-order valence-electron chi connectivity index (χ4n) is 2.69. The van der Waals surface area contributed by atoms with Crippen LogP contribution in [-0.4, -0.2) is 12.6 Å². The molecule has 1 N–H and O–H groups in total. The van der Waals surface area contributed by atoms with Crippen LogP contribution in [0.25, 0.3) is 0 Å². The zero-order valence-corrected chi connectivity index (χ0v) is 9.88. The van der Waals surface area contributed by atoms with Crippen molar-refractivity contribution >= 4 is 0 Å². The quantitative estimate of drug-likeness (QED) is 0.823. The molecule has 0 bridgehead atoms. The van der Waals surface area contributed by atoms with Gasteiger partial charge < -0.3 is 5.32 Å². The summed E-state index contributed by atoms with van der Waals surface area (Å²) in [5, 5.41) is 3.53. The number of hydrogen-bond acceptors (Lipinski definition) is 1. The number of nitrogens with one attached hydrogen (secondary N) is 1. The Morgan fingerprint density at radius 2 is 2.31 bits per heavy atom. The van der Waals surface area contributed by atoms with Crippen molar-refractivity contribution in [3.63, 3.8) is 0 Å². The van der Waals surface area contributed by atoms with Gasteiger partial charge in [0.15, 0.2) is 0 Å². The van der Waals surface area contributed by atoms with Crippen LogP contribution >= 0.6 is 0 Å². The van der Waals surface area contributed by atoms with Crippen molar-refractivity contribution < 1.29 is 4.39 Å². The van der Waals surface area contributed by atoms with Crippen LogP contribution in [0.1, 0.15) is 31.7 Å². The van der Waals surface area contributed by atoms with Crippen molar-refractivity contribution in [3.8, 4) is 0 Å². The minimum absolute atomic E-state index is 0.117. The molecular formula is C14H20FN.